The highest BCUT2D eigenvalue weighted by Gasteiger charge is 2.14. The number of hydrogen-bond donors (Lipinski definition) is 3. The zero-order valence-corrected chi connectivity index (χ0v) is 14.2. The molecule has 0 bridgehead atoms. The van der Waals surface area contributed by atoms with E-state index in [0.717, 1.165) is 16.8 Å². The van der Waals surface area contributed by atoms with Gasteiger partial charge in [0.25, 0.3) is 0 Å². The van der Waals surface area contributed by atoms with E-state index in [9.17, 15) is 9.90 Å². The van der Waals surface area contributed by atoms with Gasteiger partial charge in [-0.15, -0.1) is 0 Å². The van der Waals surface area contributed by atoms with Crippen LogP contribution in [0.25, 0.3) is 0 Å². The Hall–Kier alpha value is -2.40. The van der Waals surface area contributed by atoms with Crippen molar-refractivity contribution < 1.29 is 9.90 Å². The van der Waals surface area contributed by atoms with Crippen LogP contribution in [0.3, 0.4) is 0 Å². The van der Waals surface area contributed by atoms with Gasteiger partial charge in [0, 0.05) is 31.0 Å². The number of amides is 2. The fourth-order valence-corrected chi connectivity index (χ4v) is 2.65. The van der Waals surface area contributed by atoms with E-state index < -0.39 is 0 Å². The van der Waals surface area contributed by atoms with Gasteiger partial charge in [-0.1, -0.05) is 30.3 Å². The summed E-state index contributed by atoms with van der Waals surface area (Å²) in [4.78, 5) is 16.3. The number of benzene rings is 1. The standard InChI is InChI=1S/C19H25N3O2/c1-14-7-3-4-9-18(14)15(2)22-19(24)21-12-16(13-23)11-17-8-5-6-10-20-17/h3-10,15-16,23H,11-13H2,1-2H3,(H2,21,22,24). The van der Waals surface area contributed by atoms with E-state index in [1.165, 1.54) is 0 Å². The van der Waals surface area contributed by atoms with Crippen LogP contribution in [0.1, 0.15) is 29.8 Å². The molecule has 0 aliphatic carbocycles. The molecule has 0 saturated carbocycles. The molecule has 2 atom stereocenters. The van der Waals surface area contributed by atoms with Crippen molar-refractivity contribution in [2.24, 2.45) is 5.92 Å². The lowest BCUT2D eigenvalue weighted by molar-refractivity contribution is 0.212. The predicted molar refractivity (Wildman–Crippen MR) is 94.6 cm³/mol. The Kier molecular flexibility index (Phi) is 6.75. The smallest absolute Gasteiger partial charge is 0.315 e. The van der Waals surface area contributed by atoms with Crippen LogP contribution in [0.2, 0.25) is 0 Å². The van der Waals surface area contributed by atoms with Gasteiger partial charge in [-0.3, -0.25) is 4.98 Å². The summed E-state index contributed by atoms with van der Waals surface area (Å²) >= 11 is 0. The minimum Gasteiger partial charge on any atom is -0.396 e. The molecule has 0 fully saturated rings. The summed E-state index contributed by atoms with van der Waals surface area (Å²) in [5, 5.41) is 15.3. The molecule has 2 unspecified atom stereocenters. The Bertz CT molecular complexity index is 646. The first-order chi connectivity index (χ1) is 11.6. The summed E-state index contributed by atoms with van der Waals surface area (Å²) < 4.78 is 0. The van der Waals surface area contributed by atoms with Crippen molar-refractivity contribution in [3.05, 3.63) is 65.5 Å². The second-order valence-electron chi connectivity index (χ2n) is 6.01. The second kappa shape index (κ2) is 9.03. The first-order valence-electron chi connectivity index (χ1n) is 8.20. The molecule has 1 heterocycles. The van der Waals surface area contributed by atoms with Gasteiger partial charge in [-0.25, -0.2) is 4.79 Å². The third-order valence-electron chi connectivity index (χ3n) is 4.04. The molecule has 2 amide bonds. The Morgan fingerprint density at radius 2 is 1.96 bits per heavy atom. The third-order valence-corrected chi connectivity index (χ3v) is 4.04. The van der Waals surface area contributed by atoms with E-state index in [1.54, 1.807) is 6.20 Å². The predicted octanol–water partition coefficient (Wildman–Crippen LogP) is 2.60. The highest BCUT2D eigenvalue weighted by molar-refractivity contribution is 5.74. The fourth-order valence-electron chi connectivity index (χ4n) is 2.65. The first-order valence-corrected chi connectivity index (χ1v) is 8.20. The lowest BCUT2D eigenvalue weighted by Gasteiger charge is -2.19. The molecular formula is C19H25N3O2. The van der Waals surface area contributed by atoms with Gasteiger partial charge in [0.15, 0.2) is 0 Å². The van der Waals surface area contributed by atoms with E-state index >= 15 is 0 Å². The summed E-state index contributed by atoms with van der Waals surface area (Å²) in [6.45, 7) is 4.39. The highest BCUT2D eigenvalue weighted by Crippen LogP contribution is 2.16. The molecule has 1 aromatic carbocycles. The Morgan fingerprint density at radius 3 is 2.62 bits per heavy atom. The van der Waals surface area contributed by atoms with E-state index in [4.69, 9.17) is 0 Å². The minimum absolute atomic E-state index is 0.00417. The number of carbonyl (C=O) groups is 1. The summed E-state index contributed by atoms with van der Waals surface area (Å²) in [5.41, 5.74) is 3.15. The van der Waals surface area contributed by atoms with Crippen LogP contribution in [-0.2, 0) is 6.42 Å². The first kappa shape index (κ1) is 17.9. The molecule has 3 N–H and O–H groups in total. The topological polar surface area (TPSA) is 74.2 Å². The average Bonchev–Trinajstić information content (AvgIpc) is 2.59. The largest absolute Gasteiger partial charge is 0.396 e. The van der Waals surface area contributed by atoms with Crippen molar-refractivity contribution in [3.63, 3.8) is 0 Å². The van der Waals surface area contributed by atoms with Crippen molar-refractivity contribution in [1.82, 2.24) is 15.6 Å². The zero-order chi connectivity index (χ0) is 17.4. The number of aliphatic hydroxyl groups excluding tert-OH is 1. The number of rotatable bonds is 7. The van der Waals surface area contributed by atoms with Gasteiger partial charge < -0.3 is 15.7 Å². The number of carbonyl (C=O) groups excluding carboxylic acids is 1. The highest BCUT2D eigenvalue weighted by atomic mass is 16.3. The quantitative estimate of drug-likeness (QED) is 0.732. The SMILES string of the molecule is Cc1ccccc1C(C)NC(=O)NCC(CO)Cc1ccccn1. The molecule has 0 spiro atoms. The summed E-state index contributed by atoms with van der Waals surface area (Å²) in [5.74, 6) is -0.0561. The molecule has 5 heteroatoms. The average molecular weight is 327 g/mol. The van der Waals surface area contributed by atoms with Crippen molar-refractivity contribution in [2.45, 2.75) is 26.3 Å². The number of nitrogens with one attached hydrogen (secondary N) is 2. The molecule has 2 rings (SSSR count). The number of aromatic nitrogens is 1. The van der Waals surface area contributed by atoms with Gasteiger partial charge in [0.1, 0.15) is 0 Å². The number of aryl methyl sites for hydroxylation is 1. The van der Waals surface area contributed by atoms with Crippen molar-refractivity contribution in [2.75, 3.05) is 13.2 Å². The molecule has 2 aromatic rings. The minimum atomic E-state index is -0.231. The van der Waals surface area contributed by atoms with Crippen molar-refractivity contribution in [3.8, 4) is 0 Å². The van der Waals surface area contributed by atoms with Gasteiger partial charge in [-0.2, -0.15) is 0 Å². The molecule has 0 aliphatic rings. The van der Waals surface area contributed by atoms with E-state index in [2.05, 4.69) is 15.6 Å². The zero-order valence-electron chi connectivity index (χ0n) is 14.2. The van der Waals surface area contributed by atoms with Crippen molar-refractivity contribution >= 4 is 6.03 Å². The fraction of sp³-hybridized carbons (Fsp3) is 0.368. The molecule has 0 aliphatic heterocycles. The maximum Gasteiger partial charge on any atom is 0.315 e. The van der Waals surface area contributed by atoms with Crippen LogP contribution in [0.4, 0.5) is 4.79 Å². The third kappa shape index (κ3) is 5.35. The summed E-state index contributed by atoms with van der Waals surface area (Å²) in [6.07, 6.45) is 2.36. The van der Waals surface area contributed by atoms with Gasteiger partial charge in [0.05, 0.1) is 6.04 Å². The van der Waals surface area contributed by atoms with Gasteiger partial charge in [-0.05, 0) is 43.5 Å². The van der Waals surface area contributed by atoms with Crippen LogP contribution in [-0.4, -0.2) is 29.3 Å². The van der Waals surface area contributed by atoms with Crippen LogP contribution < -0.4 is 10.6 Å². The van der Waals surface area contributed by atoms with Crippen molar-refractivity contribution in [1.29, 1.82) is 0 Å². The van der Waals surface area contributed by atoms with Gasteiger partial charge >= 0.3 is 6.03 Å². The molecule has 5 nitrogen and oxygen atoms in total. The number of hydrogen-bond acceptors (Lipinski definition) is 3. The lowest BCUT2D eigenvalue weighted by Crippen LogP contribution is -2.40. The molecule has 1 aromatic heterocycles. The molecular weight excluding hydrogens is 302 g/mol. The maximum atomic E-state index is 12.1. The van der Waals surface area contributed by atoms with Gasteiger partial charge in [0.2, 0.25) is 0 Å². The number of pyridine rings is 1. The van der Waals surface area contributed by atoms with Crippen LogP contribution in [0.15, 0.2) is 48.7 Å². The number of aliphatic hydroxyl groups is 1. The molecule has 0 radical (unpaired) electrons. The molecule has 0 saturated heterocycles. The number of nitrogens with zero attached hydrogens (tertiary/aromatic N) is 1. The van der Waals surface area contributed by atoms with E-state index in [0.29, 0.717) is 13.0 Å². The summed E-state index contributed by atoms with van der Waals surface area (Å²) in [7, 11) is 0. The van der Waals surface area contributed by atoms with Crippen LogP contribution >= 0.6 is 0 Å². The monoisotopic (exact) mass is 327 g/mol. The van der Waals surface area contributed by atoms with E-state index in [-0.39, 0.29) is 24.6 Å². The van der Waals surface area contributed by atoms with E-state index in [1.807, 2.05) is 56.3 Å². The number of urea groups is 1. The summed E-state index contributed by atoms with van der Waals surface area (Å²) in [6, 6.07) is 13.4. The Morgan fingerprint density at radius 1 is 1.21 bits per heavy atom. The Balaban J connectivity index is 1.82. The normalized spacial score (nSPS) is 13.1. The van der Waals surface area contributed by atoms with Crippen LogP contribution in [0, 0.1) is 12.8 Å². The second-order valence-corrected chi connectivity index (χ2v) is 6.01. The molecule has 24 heavy (non-hydrogen) atoms. The molecule has 128 valence electrons. The maximum absolute atomic E-state index is 12.1. The lowest BCUT2D eigenvalue weighted by atomic mass is 10.0. The van der Waals surface area contributed by atoms with Crippen LogP contribution in [0.5, 0.6) is 0 Å². The Labute approximate surface area is 143 Å².